The molecule has 1 aliphatic heterocycles. The van der Waals surface area contributed by atoms with Crippen LogP contribution in [0.5, 0.6) is 5.75 Å². The normalized spacial score (nSPS) is 15.4. The van der Waals surface area contributed by atoms with Crippen LogP contribution < -0.4 is 16.0 Å². The van der Waals surface area contributed by atoms with E-state index in [1.807, 2.05) is 11.6 Å². The van der Waals surface area contributed by atoms with E-state index in [1.165, 1.54) is 5.56 Å². The fraction of sp³-hybridized carbons (Fsp3) is 0.438. The molecule has 21 heavy (non-hydrogen) atoms. The van der Waals surface area contributed by atoms with Gasteiger partial charge >= 0.3 is 0 Å². The molecule has 1 aromatic carbocycles. The van der Waals surface area contributed by atoms with Gasteiger partial charge < -0.3 is 4.74 Å². The summed E-state index contributed by atoms with van der Waals surface area (Å²) in [7, 11) is 0. The average Bonchev–Trinajstić information content (AvgIpc) is 2.89. The van der Waals surface area contributed by atoms with E-state index < -0.39 is 0 Å². The van der Waals surface area contributed by atoms with Crippen molar-refractivity contribution < 1.29 is 4.74 Å². The molecule has 1 aliphatic rings. The Balaban J connectivity index is 2.08. The van der Waals surface area contributed by atoms with E-state index in [-0.39, 0.29) is 6.04 Å². The van der Waals surface area contributed by atoms with E-state index in [9.17, 15) is 0 Å². The largest absolute Gasteiger partial charge is 0.493 e. The fourth-order valence-corrected chi connectivity index (χ4v) is 3.03. The number of nitrogens with one attached hydrogen (secondary N) is 1. The Kier molecular flexibility index (Phi) is 3.94. The highest BCUT2D eigenvalue weighted by atomic mass is 16.5. The quantitative estimate of drug-likeness (QED) is 0.667. The molecule has 0 saturated carbocycles. The summed E-state index contributed by atoms with van der Waals surface area (Å²) < 4.78 is 7.90. The average molecular weight is 286 g/mol. The van der Waals surface area contributed by atoms with Crippen molar-refractivity contribution in [3.8, 4) is 5.75 Å². The van der Waals surface area contributed by atoms with Gasteiger partial charge in [0.2, 0.25) is 0 Å². The number of ether oxygens (including phenoxy) is 1. The number of hydrogen-bond acceptors (Lipinski definition) is 4. The molecule has 0 amide bonds. The zero-order chi connectivity index (χ0) is 14.8. The van der Waals surface area contributed by atoms with Gasteiger partial charge in [-0.3, -0.25) is 10.5 Å². The van der Waals surface area contributed by atoms with Gasteiger partial charge in [-0.05, 0) is 38.3 Å². The predicted molar refractivity (Wildman–Crippen MR) is 82.1 cm³/mol. The number of hydrogen-bond donors (Lipinski definition) is 2. The monoisotopic (exact) mass is 286 g/mol. The predicted octanol–water partition coefficient (Wildman–Crippen LogP) is 2.09. The van der Waals surface area contributed by atoms with Gasteiger partial charge in [0, 0.05) is 12.1 Å². The van der Waals surface area contributed by atoms with E-state index in [4.69, 9.17) is 10.6 Å². The Hall–Kier alpha value is -1.85. The standard InChI is InChI=1S/C16H22N4O/c1-3-20-14(10-11(2)19-20)15(18-17)13-8-4-6-12-7-5-9-21-16(12)13/h4,6,8,10,15,18H,3,5,7,9,17H2,1-2H3. The Labute approximate surface area is 125 Å². The maximum absolute atomic E-state index is 5.91. The first-order valence-electron chi connectivity index (χ1n) is 7.49. The molecule has 0 spiro atoms. The SMILES string of the molecule is CCn1nc(C)cc1C(NN)c1cccc2c1OCCC2. The molecule has 1 unspecified atom stereocenters. The summed E-state index contributed by atoms with van der Waals surface area (Å²) in [5.41, 5.74) is 7.35. The minimum absolute atomic E-state index is 0.112. The van der Waals surface area contributed by atoms with Crippen molar-refractivity contribution >= 4 is 0 Å². The molecular formula is C16H22N4O. The molecule has 1 aromatic heterocycles. The Morgan fingerprint density at radius 3 is 3.10 bits per heavy atom. The fourth-order valence-electron chi connectivity index (χ4n) is 3.03. The van der Waals surface area contributed by atoms with Gasteiger partial charge in [-0.25, -0.2) is 5.43 Å². The Bertz CT molecular complexity index is 635. The zero-order valence-electron chi connectivity index (χ0n) is 12.6. The van der Waals surface area contributed by atoms with Crippen molar-refractivity contribution in [1.82, 2.24) is 15.2 Å². The third-order valence-corrected chi connectivity index (χ3v) is 3.97. The number of rotatable bonds is 4. The lowest BCUT2D eigenvalue weighted by Crippen LogP contribution is -2.31. The molecule has 3 rings (SSSR count). The molecule has 0 radical (unpaired) electrons. The van der Waals surface area contributed by atoms with Gasteiger partial charge in [0.1, 0.15) is 5.75 Å². The third-order valence-electron chi connectivity index (χ3n) is 3.97. The number of para-hydroxylation sites is 1. The van der Waals surface area contributed by atoms with Crippen LogP contribution in [-0.2, 0) is 13.0 Å². The first-order chi connectivity index (χ1) is 10.2. The van der Waals surface area contributed by atoms with Gasteiger partial charge in [-0.1, -0.05) is 18.2 Å². The molecule has 0 fully saturated rings. The summed E-state index contributed by atoms with van der Waals surface area (Å²) in [6.07, 6.45) is 2.13. The second kappa shape index (κ2) is 5.87. The molecule has 112 valence electrons. The van der Waals surface area contributed by atoms with Crippen LogP contribution in [0.4, 0.5) is 0 Å². The smallest absolute Gasteiger partial charge is 0.127 e. The molecule has 0 bridgehead atoms. The van der Waals surface area contributed by atoms with Gasteiger partial charge in [0.05, 0.1) is 24.0 Å². The second-order valence-corrected chi connectivity index (χ2v) is 5.41. The Morgan fingerprint density at radius 1 is 1.48 bits per heavy atom. The molecule has 5 heteroatoms. The van der Waals surface area contributed by atoms with E-state index in [1.54, 1.807) is 0 Å². The number of nitrogens with zero attached hydrogens (tertiary/aromatic N) is 2. The summed E-state index contributed by atoms with van der Waals surface area (Å²) in [4.78, 5) is 0. The van der Waals surface area contributed by atoms with Gasteiger partial charge in [0.15, 0.2) is 0 Å². The second-order valence-electron chi connectivity index (χ2n) is 5.41. The Morgan fingerprint density at radius 2 is 2.33 bits per heavy atom. The molecule has 1 atom stereocenters. The highest BCUT2D eigenvalue weighted by Gasteiger charge is 2.24. The first-order valence-corrected chi connectivity index (χ1v) is 7.49. The van der Waals surface area contributed by atoms with Crippen LogP contribution >= 0.6 is 0 Å². The van der Waals surface area contributed by atoms with Crippen molar-refractivity contribution in [3.05, 3.63) is 46.8 Å². The van der Waals surface area contributed by atoms with Crippen LogP contribution in [0.2, 0.25) is 0 Å². The molecule has 3 N–H and O–H groups in total. The van der Waals surface area contributed by atoms with Crippen LogP contribution in [0.25, 0.3) is 0 Å². The number of benzene rings is 1. The minimum Gasteiger partial charge on any atom is -0.493 e. The lowest BCUT2D eigenvalue weighted by molar-refractivity contribution is 0.282. The highest BCUT2D eigenvalue weighted by molar-refractivity contribution is 5.47. The van der Waals surface area contributed by atoms with Crippen molar-refractivity contribution in [2.45, 2.75) is 39.3 Å². The topological polar surface area (TPSA) is 65.1 Å². The molecule has 5 nitrogen and oxygen atoms in total. The molecule has 2 aromatic rings. The van der Waals surface area contributed by atoms with Crippen molar-refractivity contribution in [2.75, 3.05) is 6.61 Å². The van der Waals surface area contributed by atoms with Gasteiger partial charge in [0.25, 0.3) is 0 Å². The molecule has 2 heterocycles. The van der Waals surface area contributed by atoms with Crippen LogP contribution in [-0.4, -0.2) is 16.4 Å². The van der Waals surface area contributed by atoms with Crippen LogP contribution in [0, 0.1) is 6.92 Å². The highest BCUT2D eigenvalue weighted by Crippen LogP contribution is 2.35. The molecule has 0 saturated heterocycles. The van der Waals surface area contributed by atoms with Crippen LogP contribution in [0.3, 0.4) is 0 Å². The van der Waals surface area contributed by atoms with Gasteiger partial charge in [-0.15, -0.1) is 0 Å². The maximum atomic E-state index is 5.91. The van der Waals surface area contributed by atoms with Crippen LogP contribution in [0.1, 0.15) is 41.9 Å². The van der Waals surface area contributed by atoms with Crippen LogP contribution in [0.15, 0.2) is 24.3 Å². The van der Waals surface area contributed by atoms with Gasteiger partial charge in [-0.2, -0.15) is 5.10 Å². The first kappa shape index (κ1) is 14.1. The lowest BCUT2D eigenvalue weighted by Gasteiger charge is -2.25. The number of fused-ring (bicyclic) bond motifs is 1. The number of aryl methyl sites for hydroxylation is 3. The van der Waals surface area contributed by atoms with Crippen molar-refractivity contribution in [1.29, 1.82) is 0 Å². The number of hydrazine groups is 1. The van der Waals surface area contributed by atoms with E-state index in [0.29, 0.717) is 0 Å². The molecular weight excluding hydrogens is 264 g/mol. The summed E-state index contributed by atoms with van der Waals surface area (Å²) in [5, 5.41) is 4.52. The number of nitrogens with two attached hydrogens (primary N) is 1. The summed E-state index contributed by atoms with van der Waals surface area (Å²) in [5.74, 6) is 6.84. The summed E-state index contributed by atoms with van der Waals surface area (Å²) >= 11 is 0. The lowest BCUT2D eigenvalue weighted by atomic mass is 9.96. The van der Waals surface area contributed by atoms with E-state index >= 15 is 0 Å². The number of aromatic nitrogens is 2. The van der Waals surface area contributed by atoms with Crippen molar-refractivity contribution in [3.63, 3.8) is 0 Å². The summed E-state index contributed by atoms with van der Waals surface area (Å²) in [6.45, 7) is 5.67. The van der Waals surface area contributed by atoms with E-state index in [2.05, 4.69) is 41.7 Å². The van der Waals surface area contributed by atoms with Crippen molar-refractivity contribution in [2.24, 2.45) is 5.84 Å². The molecule has 0 aliphatic carbocycles. The third kappa shape index (κ3) is 2.54. The summed E-state index contributed by atoms with van der Waals surface area (Å²) in [6, 6.07) is 8.26. The zero-order valence-corrected chi connectivity index (χ0v) is 12.6. The minimum atomic E-state index is -0.112. The van der Waals surface area contributed by atoms with E-state index in [0.717, 1.165) is 48.7 Å². The maximum Gasteiger partial charge on any atom is 0.127 e.